The van der Waals surface area contributed by atoms with Crippen LogP contribution in [0.3, 0.4) is 0 Å². The molecule has 0 atom stereocenters. The lowest BCUT2D eigenvalue weighted by molar-refractivity contribution is 0.590. The third-order valence-electron chi connectivity index (χ3n) is 26.1. The number of rotatable bonds is 12. The van der Waals surface area contributed by atoms with Crippen LogP contribution in [0.15, 0.2) is 437 Å². The zero-order valence-electron chi connectivity index (χ0n) is 74.9. The van der Waals surface area contributed by atoms with Gasteiger partial charge in [0.1, 0.15) is 0 Å². The van der Waals surface area contributed by atoms with E-state index in [0.29, 0.717) is 39.1 Å². The van der Waals surface area contributed by atoms with Crippen LogP contribution < -0.4 is 26.2 Å². The molecular formula is C118H81BN6. The van der Waals surface area contributed by atoms with Crippen LogP contribution in [-0.4, -0.2) is 25.0 Å². The van der Waals surface area contributed by atoms with Crippen molar-refractivity contribution in [3.8, 4) is 89.5 Å². The normalized spacial score (nSPS) is 13.2. The summed E-state index contributed by atoms with van der Waals surface area (Å²) in [5.74, 6) is 0. The summed E-state index contributed by atoms with van der Waals surface area (Å²) in [7, 11) is 0. The molecule has 125 heavy (non-hydrogen) atoms. The monoisotopic (exact) mass is 1600 g/mol. The smallest absolute Gasteiger partial charge is 0.252 e. The summed E-state index contributed by atoms with van der Waals surface area (Å²) in [5, 5.41) is 8.15. The molecule has 0 saturated carbocycles. The molecule has 2 aliphatic heterocycles. The van der Waals surface area contributed by atoms with E-state index in [9.17, 15) is 8.22 Å². The SMILES string of the molecule is [2H]c1c([2H])c(-n2c3ccccc3c3cc(-n4c5ccccc5c5ccccc54)ccc32)c([2H])c2c1B1c3c(cc(C(C)(C)C)cc3N(c3c(-c4ccccc4)cc(-c4ccccc4)cc3-c3ccccc3)c3c([2H])c(-n4c5ccccc5c5cc(-n6c7ccccc7c7ccccc76)ccc54)c([2H])c([2H])c31)N2c1c(-c2ccccc2)cc(-c2ccccc2)cc1-c1ccccc1. The molecule has 0 saturated heterocycles. The lowest BCUT2D eigenvalue weighted by atomic mass is 9.33. The highest BCUT2D eigenvalue weighted by Crippen LogP contribution is 2.56. The molecule has 6 nitrogen and oxygen atoms in total. The van der Waals surface area contributed by atoms with Crippen LogP contribution in [0, 0.1) is 0 Å². The second kappa shape index (κ2) is 28.3. The predicted octanol–water partition coefficient (Wildman–Crippen LogP) is 29.5. The van der Waals surface area contributed by atoms with Crippen molar-refractivity contribution >= 4 is 144 Å². The Morgan fingerprint density at radius 2 is 0.480 bits per heavy atom. The fourth-order valence-corrected chi connectivity index (χ4v) is 20.4. The zero-order chi connectivity index (χ0) is 87.9. The molecule has 0 unspecified atom stereocenters. The second-order valence-electron chi connectivity index (χ2n) is 34.1. The Morgan fingerprint density at radius 3 is 0.776 bits per heavy atom. The minimum Gasteiger partial charge on any atom is -0.310 e. The Balaban J connectivity index is 0.854. The molecule has 7 heteroatoms. The molecule has 0 fully saturated rings. The summed E-state index contributed by atoms with van der Waals surface area (Å²) >= 11 is 0. The third-order valence-corrected chi connectivity index (χ3v) is 26.1. The standard InChI is InChI=1S/C118H81BN6/c1-118(2,3)84-70-113-115-114(71-84)125(117-97(80-42-18-8-19-43-80)68-83(77-36-12-5-13-37-77)69-98(117)81-44-20-9-21-45-81)112-75-88(123-108-57-33-27-51-94(108)100-73-86(61-65-110(100)123)121-105-54-30-24-48-91(105)92-49-25-31-55-106(92)121)59-63-102(112)119(115)101-62-58-87(122-107-56-32-26-50-93(107)99-72-85(60-64-109(99)122)120-103-52-28-22-46-89(103)90-47-23-29-53-104(90)120)74-111(101)124(113)116-95(78-38-14-6-15-39-78)66-82(76-34-10-4-11-35-76)67-96(116)79-40-16-7-17-41-79/h4-75H,1-3H3/i58D,59D,62D,63D,74D,75D. The van der Waals surface area contributed by atoms with E-state index >= 15 is 0 Å². The molecule has 2 aliphatic rings. The van der Waals surface area contributed by atoms with Crippen LogP contribution in [0.5, 0.6) is 0 Å². The Hall–Kier alpha value is -16.0. The van der Waals surface area contributed by atoms with Crippen LogP contribution in [0.1, 0.15) is 34.6 Å². The van der Waals surface area contributed by atoms with Crippen molar-refractivity contribution in [1.29, 1.82) is 0 Å². The summed E-state index contributed by atoms with van der Waals surface area (Å²) in [6, 6.07) is 140. The first kappa shape index (κ1) is 65.8. The predicted molar refractivity (Wildman–Crippen MR) is 529 cm³/mol. The van der Waals surface area contributed by atoms with Gasteiger partial charge < -0.3 is 28.1 Å². The Morgan fingerprint density at radius 1 is 0.224 bits per heavy atom. The van der Waals surface area contributed by atoms with Crippen molar-refractivity contribution in [2.24, 2.45) is 0 Å². The summed E-state index contributed by atoms with van der Waals surface area (Å²) in [4.78, 5) is 4.56. The van der Waals surface area contributed by atoms with E-state index in [1.54, 1.807) is 0 Å². The molecule has 0 amide bonds. The first-order chi connectivity index (χ1) is 64.2. The lowest BCUT2D eigenvalue weighted by Gasteiger charge is -2.46. The molecule has 6 heterocycles. The number of aromatic nitrogens is 4. The highest BCUT2D eigenvalue weighted by atomic mass is 15.2. The van der Waals surface area contributed by atoms with Crippen LogP contribution in [-0.2, 0) is 5.41 Å². The van der Waals surface area contributed by atoms with Crippen molar-refractivity contribution in [3.05, 3.63) is 442 Å². The quantitative estimate of drug-likeness (QED) is 0.114. The van der Waals surface area contributed by atoms with Gasteiger partial charge in [0.25, 0.3) is 6.71 Å². The van der Waals surface area contributed by atoms with Gasteiger partial charge in [0.2, 0.25) is 0 Å². The van der Waals surface area contributed by atoms with E-state index in [4.69, 9.17) is 0 Å². The van der Waals surface area contributed by atoms with E-state index in [2.05, 4.69) is 389 Å². The van der Waals surface area contributed by atoms with E-state index in [1.807, 2.05) is 60.7 Å². The molecular weight excluding hydrogens is 1510 g/mol. The van der Waals surface area contributed by atoms with E-state index in [0.717, 1.165) is 182 Å². The average Bonchev–Trinajstić information content (AvgIpc) is 1.61. The van der Waals surface area contributed by atoms with Crippen LogP contribution in [0.2, 0.25) is 0 Å². The van der Waals surface area contributed by atoms with Gasteiger partial charge in [-0.1, -0.05) is 324 Å². The van der Waals surface area contributed by atoms with E-state index < -0.39 is 12.1 Å². The Bertz CT molecular complexity index is 8000. The van der Waals surface area contributed by atoms with Gasteiger partial charge in [-0.15, -0.1) is 0 Å². The summed E-state index contributed by atoms with van der Waals surface area (Å²) in [6.07, 6.45) is 0. The van der Waals surface area contributed by atoms with Crippen molar-refractivity contribution in [3.63, 3.8) is 0 Å². The van der Waals surface area contributed by atoms with Crippen molar-refractivity contribution < 1.29 is 8.22 Å². The fraction of sp³-hybridized carbons (Fsp3) is 0.0339. The van der Waals surface area contributed by atoms with Crippen molar-refractivity contribution in [2.45, 2.75) is 26.2 Å². The molecule has 4 aromatic heterocycles. The number of para-hydroxylation sites is 6. The maximum absolute atomic E-state index is 12.1. The van der Waals surface area contributed by atoms with Gasteiger partial charge in [0.05, 0.1) is 63.7 Å². The number of anilines is 6. The van der Waals surface area contributed by atoms with Gasteiger partial charge in [-0.2, -0.15) is 0 Å². The van der Waals surface area contributed by atoms with Crippen molar-refractivity contribution in [1.82, 2.24) is 18.3 Å². The molecule has 0 radical (unpaired) electrons. The highest BCUT2D eigenvalue weighted by Gasteiger charge is 2.47. The van der Waals surface area contributed by atoms with Crippen LogP contribution in [0.4, 0.5) is 34.1 Å². The van der Waals surface area contributed by atoms with Gasteiger partial charge in [-0.05, 0) is 205 Å². The molecule has 0 bridgehead atoms. The topological polar surface area (TPSA) is 26.2 Å². The van der Waals surface area contributed by atoms with Crippen LogP contribution >= 0.6 is 0 Å². The van der Waals surface area contributed by atoms with Gasteiger partial charge >= 0.3 is 0 Å². The molecule has 0 N–H and O–H groups in total. The largest absolute Gasteiger partial charge is 0.310 e. The maximum atomic E-state index is 12.1. The van der Waals surface area contributed by atoms with Crippen molar-refractivity contribution in [2.75, 3.05) is 9.80 Å². The molecule has 25 rings (SSSR count). The molecule has 0 spiro atoms. The molecule has 23 aromatic rings. The van der Waals surface area contributed by atoms with E-state index in [-0.39, 0.29) is 47.6 Å². The maximum Gasteiger partial charge on any atom is 0.252 e. The highest BCUT2D eigenvalue weighted by molar-refractivity contribution is 7.00. The number of hydrogen-bond acceptors (Lipinski definition) is 2. The summed E-state index contributed by atoms with van der Waals surface area (Å²) < 4.78 is 79.4. The van der Waals surface area contributed by atoms with E-state index in [1.165, 1.54) is 0 Å². The first-order valence-corrected chi connectivity index (χ1v) is 43.0. The first-order valence-electron chi connectivity index (χ1n) is 46.0. The van der Waals surface area contributed by atoms with Gasteiger partial charge in [-0.3, -0.25) is 0 Å². The Labute approximate surface area is 734 Å². The number of benzene rings is 19. The number of nitrogens with zero attached hydrogens (tertiary/aromatic N) is 6. The fourth-order valence-electron chi connectivity index (χ4n) is 20.4. The van der Waals surface area contributed by atoms with Crippen LogP contribution in [0.25, 0.3) is 177 Å². The lowest BCUT2D eigenvalue weighted by Crippen LogP contribution is -2.61. The number of hydrogen-bond donors (Lipinski definition) is 0. The minimum atomic E-state index is -1.21. The van der Waals surface area contributed by atoms with Gasteiger partial charge in [0.15, 0.2) is 0 Å². The summed E-state index contributed by atoms with van der Waals surface area (Å²) in [5.41, 5.74) is 25.4. The number of fused-ring (bicyclic) bond motifs is 16. The van der Waals surface area contributed by atoms with Gasteiger partial charge in [0, 0.05) is 111 Å². The molecule has 586 valence electrons. The van der Waals surface area contributed by atoms with Gasteiger partial charge in [-0.25, -0.2) is 0 Å². The second-order valence-corrected chi connectivity index (χ2v) is 34.1. The third kappa shape index (κ3) is 11.3. The Kier molecular flexibility index (Phi) is 14.9. The molecule has 19 aromatic carbocycles. The minimum absolute atomic E-state index is 0.0299. The summed E-state index contributed by atoms with van der Waals surface area (Å²) in [6.45, 7) is 5.53. The zero-order valence-corrected chi connectivity index (χ0v) is 68.9. The molecule has 0 aliphatic carbocycles. The average molecular weight is 1600 g/mol.